The van der Waals surface area contributed by atoms with E-state index in [0.717, 1.165) is 11.1 Å². The van der Waals surface area contributed by atoms with Gasteiger partial charge in [-0.3, -0.25) is 4.79 Å². The van der Waals surface area contributed by atoms with Gasteiger partial charge in [0.2, 0.25) is 0 Å². The Morgan fingerprint density at radius 1 is 1.18 bits per heavy atom. The lowest BCUT2D eigenvalue weighted by atomic mass is 10.2. The summed E-state index contributed by atoms with van der Waals surface area (Å²) in [5.74, 6) is 0. The van der Waals surface area contributed by atoms with Gasteiger partial charge < -0.3 is 9.30 Å². The summed E-state index contributed by atoms with van der Waals surface area (Å²) in [5, 5.41) is 0. The second-order valence-electron chi connectivity index (χ2n) is 3.97. The van der Waals surface area contributed by atoms with E-state index in [0.29, 0.717) is 13.3 Å². The van der Waals surface area contributed by atoms with Gasteiger partial charge in [-0.25, -0.2) is 0 Å². The number of aryl methyl sites for hydroxylation is 1. The number of ether oxygens (including phenoxy) is 1. The number of aromatic nitrogens is 1. The first-order valence-corrected chi connectivity index (χ1v) is 5.54. The van der Waals surface area contributed by atoms with E-state index in [1.807, 2.05) is 34.9 Å². The van der Waals surface area contributed by atoms with Gasteiger partial charge in [0.1, 0.15) is 6.73 Å². The van der Waals surface area contributed by atoms with E-state index in [1.165, 1.54) is 0 Å². The highest BCUT2D eigenvalue weighted by Gasteiger charge is 1.95. The quantitative estimate of drug-likeness (QED) is 0.805. The Hall–Kier alpha value is -1.87. The van der Waals surface area contributed by atoms with Crippen molar-refractivity contribution in [1.82, 2.24) is 4.57 Å². The van der Waals surface area contributed by atoms with Gasteiger partial charge in [-0.15, -0.1) is 0 Å². The fourth-order valence-corrected chi connectivity index (χ4v) is 1.57. The van der Waals surface area contributed by atoms with Crippen LogP contribution in [0.25, 0.3) is 0 Å². The van der Waals surface area contributed by atoms with Crippen molar-refractivity contribution in [3.63, 3.8) is 0 Å². The first-order valence-electron chi connectivity index (χ1n) is 5.54. The molecule has 3 heteroatoms. The Morgan fingerprint density at radius 3 is 2.65 bits per heavy atom. The maximum Gasteiger partial charge on any atom is 0.184 e. The van der Waals surface area contributed by atoms with Crippen LogP contribution >= 0.6 is 0 Å². The van der Waals surface area contributed by atoms with Gasteiger partial charge in [-0.2, -0.15) is 0 Å². The maximum atomic E-state index is 11.2. The van der Waals surface area contributed by atoms with Crippen molar-refractivity contribution >= 4 is 0 Å². The number of rotatable bonds is 4. The molecule has 0 aliphatic rings. The molecule has 0 saturated heterocycles. The smallest absolute Gasteiger partial charge is 0.184 e. The topological polar surface area (TPSA) is 31.2 Å². The van der Waals surface area contributed by atoms with Crippen LogP contribution in [-0.4, -0.2) is 4.57 Å². The van der Waals surface area contributed by atoms with Gasteiger partial charge in [0.05, 0.1) is 6.61 Å². The molecule has 1 heterocycles. The molecule has 0 amide bonds. The average molecular weight is 229 g/mol. The van der Waals surface area contributed by atoms with Crippen molar-refractivity contribution in [1.29, 1.82) is 0 Å². The highest BCUT2D eigenvalue weighted by Crippen LogP contribution is 2.01. The summed E-state index contributed by atoms with van der Waals surface area (Å²) >= 11 is 0. The number of hydrogen-bond donors (Lipinski definition) is 0. The van der Waals surface area contributed by atoms with E-state index < -0.39 is 0 Å². The summed E-state index contributed by atoms with van der Waals surface area (Å²) in [4.78, 5) is 11.2. The summed E-state index contributed by atoms with van der Waals surface area (Å²) in [6.45, 7) is 2.83. The van der Waals surface area contributed by atoms with E-state index in [4.69, 9.17) is 4.74 Å². The molecule has 2 rings (SSSR count). The van der Waals surface area contributed by atoms with Crippen molar-refractivity contribution in [2.75, 3.05) is 0 Å². The van der Waals surface area contributed by atoms with E-state index in [1.54, 1.807) is 25.4 Å². The van der Waals surface area contributed by atoms with Crippen LogP contribution in [0.3, 0.4) is 0 Å². The van der Waals surface area contributed by atoms with E-state index in [9.17, 15) is 4.79 Å². The molecule has 0 aliphatic carbocycles. The van der Waals surface area contributed by atoms with Crippen molar-refractivity contribution in [3.8, 4) is 0 Å². The van der Waals surface area contributed by atoms with Crippen LogP contribution in [0.2, 0.25) is 0 Å². The fourth-order valence-electron chi connectivity index (χ4n) is 1.57. The molecule has 1 aromatic heterocycles. The Kier molecular flexibility index (Phi) is 3.73. The minimum atomic E-state index is 0.0595. The van der Waals surface area contributed by atoms with Crippen molar-refractivity contribution in [2.24, 2.45) is 0 Å². The zero-order chi connectivity index (χ0) is 12.1. The molecule has 0 N–H and O–H groups in total. The lowest BCUT2D eigenvalue weighted by Crippen LogP contribution is -2.10. The Labute approximate surface area is 100 Å². The molecular weight excluding hydrogens is 214 g/mol. The third-order valence-electron chi connectivity index (χ3n) is 2.52. The number of nitrogens with zero attached hydrogens (tertiary/aromatic N) is 1. The van der Waals surface area contributed by atoms with Gasteiger partial charge in [0, 0.05) is 24.0 Å². The summed E-state index contributed by atoms with van der Waals surface area (Å²) in [7, 11) is 0. The summed E-state index contributed by atoms with van der Waals surface area (Å²) in [6.07, 6.45) is 3.54. The number of benzene rings is 1. The monoisotopic (exact) mass is 229 g/mol. The molecular formula is C14H15NO2. The molecule has 0 atom stereocenters. The van der Waals surface area contributed by atoms with Crippen molar-refractivity contribution in [2.45, 2.75) is 20.3 Å². The van der Waals surface area contributed by atoms with Gasteiger partial charge in [0.15, 0.2) is 5.43 Å². The van der Waals surface area contributed by atoms with Crippen LogP contribution in [-0.2, 0) is 18.1 Å². The molecule has 17 heavy (non-hydrogen) atoms. The van der Waals surface area contributed by atoms with Crippen molar-refractivity contribution < 1.29 is 4.74 Å². The zero-order valence-corrected chi connectivity index (χ0v) is 9.80. The van der Waals surface area contributed by atoms with Crippen molar-refractivity contribution in [3.05, 3.63) is 70.1 Å². The third-order valence-corrected chi connectivity index (χ3v) is 2.52. The van der Waals surface area contributed by atoms with Gasteiger partial charge in [-0.05, 0) is 12.5 Å². The zero-order valence-electron chi connectivity index (χ0n) is 9.80. The molecule has 0 aliphatic heterocycles. The second kappa shape index (κ2) is 5.46. The fraction of sp³-hybridized carbons (Fsp3) is 0.214. The van der Waals surface area contributed by atoms with Gasteiger partial charge >= 0.3 is 0 Å². The minimum absolute atomic E-state index is 0.0595. The molecule has 88 valence electrons. The summed E-state index contributed by atoms with van der Waals surface area (Å²) in [6, 6.07) is 11.6. The van der Waals surface area contributed by atoms with Gasteiger partial charge in [0.25, 0.3) is 0 Å². The highest BCUT2D eigenvalue weighted by molar-refractivity contribution is 5.13. The third kappa shape index (κ3) is 3.29. The van der Waals surface area contributed by atoms with Crippen LogP contribution in [0.1, 0.15) is 11.1 Å². The Morgan fingerprint density at radius 2 is 1.94 bits per heavy atom. The molecule has 3 nitrogen and oxygen atoms in total. The first-order chi connectivity index (χ1) is 8.25. The summed E-state index contributed by atoms with van der Waals surface area (Å²) < 4.78 is 7.42. The van der Waals surface area contributed by atoms with Gasteiger partial charge in [-0.1, -0.05) is 30.3 Å². The standard InChI is InChI=1S/C14H15NO2/c1-12-9-15(8-7-14(12)16)11-17-10-13-5-3-2-4-6-13/h2-9H,10-11H2,1H3. The Balaban J connectivity index is 1.90. The predicted octanol–water partition coefficient (Wildman–Crippen LogP) is 2.33. The molecule has 1 aromatic carbocycles. The van der Waals surface area contributed by atoms with Crippen LogP contribution in [0.15, 0.2) is 53.6 Å². The largest absolute Gasteiger partial charge is 0.356 e. The second-order valence-corrected chi connectivity index (χ2v) is 3.97. The van der Waals surface area contributed by atoms with E-state index in [2.05, 4.69) is 0 Å². The lowest BCUT2D eigenvalue weighted by Gasteiger charge is -2.08. The van der Waals surface area contributed by atoms with E-state index in [-0.39, 0.29) is 5.43 Å². The SMILES string of the molecule is Cc1cn(COCc2ccccc2)ccc1=O. The molecule has 0 unspecified atom stereocenters. The molecule has 0 bridgehead atoms. The average Bonchev–Trinajstić information content (AvgIpc) is 2.35. The normalized spacial score (nSPS) is 10.4. The molecule has 2 aromatic rings. The van der Waals surface area contributed by atoms with Crippen LogP contribution in [0.4, 0.5) is 0 Å². The highest BCUT2D eigenvalue weighted by atomic mass is 16.5. The van der Waals surface area contributed by atoms with E-state index >= 15 is 0 Å². The van der Waals surface area contributed by atoms with Crippen LogP contribution in [0, 0.1) is 6.92 Å². The summed E-state index contributed by atoms with van der Waals surface area (Å²) in [5.41, 5.74) is 1.94. The molecule has 0 radical (unpaired) electrons. The molecule has 0 spiro atoms. The predicted molar refractivity (Wildman–Crippen MR) is 66.7 cm³/mol. The first kappa shape index (κ1) is 11.6. The molecule has 0 fully saturated rings. The maximum absolute atomic E-state index is 11.2. The Bertz CT molecular complexity index is 531. The lowest BCUT2D eigenvalue weighted by molar-refractivity contribution is 0.0635. The minimum Gasteiger partial charge on any atom is -0.356 e. The number of pyridine rings is 1. The van der Waals surface area contributed by atoms with Crippen LogP contribution in [0.5, 0.6) is 0 Å². The van der Waals surface area contributed by atoms with Crippen LogP contribution < -0.4 is 5.43 Å². The molecule has 0 saturated carbocycles. The number of hydrogen-bond acceptors (Lipinski definition) is 2.